The summed E-state index contributed by atoms with van der Waals surface area (Å²) in [4.78, 5) is 13.6. The van der Waals surface area contributed by atoms with Crippen molar-refractivity contribution in [3.63, 3.8) is 0 Å². The van der Waals surface area contributed by atoms with Crippen LogP contribution in [0.4, 0.5) is 5.69 Å². The molecule has 6 nitrogen and oxygen atoms in total. The van der Waals surface area contributed by atoms with Crippen LogP contribution in [0.2, 0.25) is 0 Å². The molecule has 0 spiro atoms. The topological polar surface area (TPSA) is 75.7 Å². The lowest BCUT2D eigenvalue weighted by Gasteiger charge is -2.26. The highest BCUT2D eigenvalue weighted by Gasteiger charge is 2.29. The van der Waals surface area contributed by atoms with Crippen molar-refractivity contribution in [2.75, 3.05) is 18.0 Å². The number of aryl methyl sites for hydroxylation is 2. The summed E-state index contributed by atoms with van der Waals surface area (Å²) in [6, 6.07) is 30.4. The zero-order valence-electron chi connectivity index (χ0n) is 21.1. The first kappa shape index (κ1) is 26.0. The number of para-hydroxylation sites is 1. The fraction of sp³-hybridized carbons (Fsp3) is 0.167. The van der Waals surface area contributed by atoms with Crippen LogP contribution in [-0.2, 0) is 14.8 Å². The number of anilines is 1. The van der Waals surface area contributed by atoms with Gasteiger partial charge < -0.3 is 10.1 Å². The van der Waals surface area contributed by atoms with E-state index in [2.05, 4.69) is 5.32 Å². The van der Waals surface area contributed by atoms with Gasteiger partial charge in [0, 0.05) is 0 Å². The number of carbonyl (C=O) groups is 1. The van der Waals surface area contributed by atoms with Gasteiger partial charge in [0.05, 0.1) is 23.7 Å². The molecule has 4 rings (SSSR count). The SMILES string of the molecule is COc1ccc(S(=O)(=O)N(CC(=O)NC(c2ccccc2)c2cccc(C)c2)c2ccccc2)cc1C. The van der Waals surface area contributed by atoms with Crippen molar-refractivity contribution >= 4 is 21.6 Å². The van der Waals surface area contributed by atoms with Crippen molar-refractivity contribution in [1.29, 1.82) is 0 Å². The van der Waals surface area contributed by atoms with Gasteiger partial charge in [-0.3, -0.25) is 9.10 Å². The van der Waals surface area contributed by atoms with Gasteiger partial charge in [-0.1, -0.05) is 78.4 Å². The summed E-state index contributed by atoms with van der Waals surface area (Å²) >= 11 is 0. The van der Waals surface area contributed by atoms with Crippen LogP contribution >= 0.6 is 0 Å². The summed E-state index contributed by atoms with van der Waals surface area (Å²) in [6.07, 6.45) is 0. The molecule has 0 aliphatic carbocycles. The van der Waals surface area contributed by atoms with Crippen molar-refractivity contribution in [2.45, 2.75) is 24.8 Å². The number of amides is 1. The van der Waals surface area contributed by atoms with Crippen molar-refractivity contribution < 1.29 is 17.9 Å². The Morgan fingerprint density at radius 1 is 0.838 bits per heavy atom. The Morgan fingerprint density at radius 3 is 2.11 bits per heavy atom. The second kappa shape index (κ2) is 11.3. The van der Waals surface area contributed by atoms with E-state index in [1.165, 1.54) is 13.2 Å². The summed E-state index contributed by atoms with van der Waals surface area (Å²) in [5, 5.41) is 3.07. The number of carbonyl (C=O) groups excluding carboxylic acids is 1. The number of nitrogens with zero attached hydrogens (tertiary/aromatic N) is 1. The van der Waals surface area contributed by atoms with E-state index in [4.69, 9.17) is 4.74 Å². The lowest BCUT2D eigenvalue weighted by atomic mass is 9.97. The van der Waals surface area contributed by atoms with Gasteiger partial charge in [0.25, 0.3) is 10.0 Å². The van der Waals surface area contributed by atoms with Crippen LogP contribution in [0.1, 0.15) is 28.3 Å². The Hall–Kier alpha value is -4.10. The maximum atomic E-state index is 13.8. The fourth-order valence-corrected chi connectivity index (χ4v) is 5.75. The second-order valence-corrected chi connectivity index (χ2v) is 10.7. The maximum absolute atomic E-state index is 13.8. The van der Waals surface area contributed by atoms with E-state index in [-0.39, 0.29) is 11.4 Å². The smallest absolute Gasteiger partial charge is 0.264 e. The molecule has 0 saturated heterocycles. The van der Waals surface area contributed by atoms with E-state index >= 15 is 0 Å². The molecular formula is C30H30N2O4S. The minimum absolute atomic E-state index is 0.0840. The Kier molecular flexibility index (Phi) is 7.94. The van der Waals surface area contributed by atoms with Crippen LogP contribution in [0, 0.1) is 13.8 Å². The molecule has 1 atom stereocenters. The third-order valence-electron chi connectivity index (χ3n) is 6.10. The number of nitrogens with one attached hydrogen (secondary N) is 1. The summed E-state index contributed by atoms with van der Waals surface area (Å²) in [6.45, 7) is 3.39. The average Bonchev–Trinajstić information content (AvgIpc) is 2.91. The summed E-state index contributed by atoms with van der Waals surface area (Å²) < 4.78 is 34.0. The van der Waals surface area contributed by atoms with Crippen molar-refractivity contribution in [2.24, 2.45) is 0 Å². The molecule has 0 fully saturated rings. The molecule has 0 aromatic heterocycles. The molecule has 0 aliphatic heterocycles. The zero-order valence-corrected chi connectivity index (χ0v) is 21.9. The molecule has 7 heteroatoms. The molecule has 0 bridgehead atoms. The Morgan fingerprint density at radius 2 is 1.49 bits per heavy atom. The minimum Gasteiger partial charge on any atom is -0.496 e. The van der Waals surface area contributed by atoms with E-state index in [1.54, 1.807) is 49.4 Å². The lowest BCUT2D eigenvalue weighted by molar-refractivity contribution is -0.120. The molecule has 4 aromatic carbocycles. The predicted octanol–water partition coefficient (Wildman–Crippen LogP) is 5.41. The van der Waals surface area contributed by atoms with E-state index in [9.17, 15) is 13.2 Å². The van der Waals surface area contributed by atoms with Crippen LogP contribution in [0.25, 0.3) is 0 Å². The number of rotatable bonds is 9. The van der Waals surface area contributed by atoms with Crippen LogP contribution < -0.4 is 14.4 Å². The number of hydrogen-bond acceptors (Lipinski definition) is 4. The van der Waals surface area contributed by atoms with E-state index in [1.807, 2.05) is 61.5 Å². The predicted molar refractivity (Wildman–Crippen MR) is 146 cm³/mol. The third-order valence-corrected chi connectivity index (χ3v) is 7.87. The van der Waals surface area contributed by atoms with Gasteiger partial charge in [0.1, 0.15) is 12.3 Å². The standard InChI is InChI=1S/C30H30N2O4S/c1-22-11-10-14-25(19-22)30(24-12-6-4-7-13-24)31-29(33)21-32(26-15-8-5-9-16-26)37(34,35)27-17-18-28(36-3)23(2)20-27/h4-20,30H,21H2,1-3H3,(H,31,33). The van der Waals surface area contributed by atoms with E-state index in [0.29, 0.717) is 17.0 Å². The molecule has 1 N–H and O–H groups in total. The highest BCUT2D eigenvalue weighted by Crippen LogP contribution is 2.28. The summed E-state index contributed by atoms with van der Waals surface area (Å²) in [5.74, 6) is 0.167. The number of methoxy groups -OCH3 is 1. The molecule has 190 valence electrons. The second-order valence-electron chi connectivity index (χ2n) is 8.80. The largest absolute Gasteiger partial charge is 0.496 e. The van der Waals surface area contributed by atoms with Gasteiger partial charge in [-0.25, -0.2) is 8.42 Å². The van der Waals surface area contributed by atoms with Crippen LogP contribution in [0.3, 0.4) is 0 Å². The Bertz CT molecular complexity index is 1470. The molecule has 0 aliphatic rings. The maximum Gasteiger partial charge on any atom is 0.264 e. The van der Waals surface area contributed by atoms with Gasteiger partial charge >= 0.3 is 0 Å². The number of benzene rings is 4. The van der Waals surface area contributed by atoms with Crippen LogP contribution in [-0.4, -0.2) is 28.0 Å². The molecule has 37 heavy (non-hydrogen) atoms. The van der Waals surface area contributed by atoms with Crippen molar-refractivity contribution in [3.05, 3.63) is 125 Å². The molecule has 0 radical (unpaired) electrons. The molecule has 1 amide bonds. The Balaban J connectivity index is 1.68. The number of ether oxygens (including phenoxy) is 1. The summed E-state index contributed by atoms with van der Waals surface area (Å²) in [7, 11) is -2.52. The molecular weight excluding hydrogens is 484 g/mol. The van der Waals surface area contributed by atoms with Crippen molar-refractivity contribution in [1.82, 2.24) is 5.32 Å². The first-order valence-electron chi connectivity index (χ1n) is 11.9. The first-order chi connectivity index (χ1) is 17.8. The van der Waals surface area contributed by atoms with Crippen LogP contribution in [0.15, 0.2) is 108 Å². The molecule has 0 saturated carbocycles. The van der Waals surface area contributed by atoms with E-state index < -0.39 is 22.0 Å². The van der Waals surface area contributed by atoms with Crippen molar-refractivity contribution in [3.8, 4) is 5.75 Å². The lowest BCUT2D eigenvalue weighted by Crippen LogP contribution is -2.42. The molecule has 0 heterocycles. The monoisotopic (exact) mass is 514 g/mol. The Labute approximate surface area is 218 Å². The highest BCUT2D eigenvalue weighted by atomic mass is 32.2. The van der Waals surface area contributed by atoms with Gasteiger partial charge in [-0.2, -0.15) is 0 Å². The van der Waals surface area contributed by atoms with Gasteiger partial charge in [-0.15, -0.1) is 0 Å². The van der Waals surface area contributed by atoms with Gasteiger partial charge in [-0.05, 0) is 60.9 Å². The minimum atomic E-state index is -4.05. The normalized spacial score (nSPS) is 12.0. The molecule has 1 unspecified atom stereocenters. The molecule has 4 aromatic rings. The highest BCUT2D eigenvalue weighted by molar-refractivity contribution is 7.92. The fourth-order valence-electron chi connectivity index (χ4n) is 4.24. The summed E-state index contributed by atoms with van der Waals surface area (Å²) in [5.41, 5.74) is 3.97. The quantitative estimate of drug-likeness (QED) is 0.324. The van der Waals surface area contributed by atoms with Gasteiger partial charge in [0.2, 0.25) is 5.91 Å². The number of sulfonamides is 1. The zero-order chi connectivity index (χ0) is 26.4. The first-order valence-corrected chi connectivity index (χ1v) is 13.4. The van der Waals surface area contributed by atoms with Gasteiger partial charge in [0.15, 0.2) is 0 Å². The number of hydrogen-bond donors (Lipinski definition) is 1. The average molecular weight is 515 g/mol. The third kappa shape index (κ3) is 6.01. The van der Waals surface area contributed by atoms with Crippen LogP contribution in [0.5, 0.6) is 5.75 Å². The van der Waals surface area contributed by atoms with E-state index in [0.717, 1.165) is 21.0 Å².